The molecule has 0 unspecified atom stereocenters. The molecular weight excluding hydrogens is 262 g/mol. The lowest BCUT2D eigenvalue weighted by Crippen LogP contribution is -1.84. The molecule has 0 bridgehead atoms. The molecule has 0 atom stereocenters. The monoisotopic (exact) mass is 277 g/mol. The minimum absolute atomic E-state index is 1.10. The molecule has 0 radical (unpaired) electrons. The second kappa shape index (κ2) is 6.22. The van der Waals surface area contributed by atoms with Gasteiger partial charge < -0.3 is 5.32 Å². The second-order valence-electron chi connectivity index (χ2n) is 4.42. The van der Waals surface area contributed by atoms with Gasteiger partial charge in [-0.2, -0.15) is 0 Å². The molecule has 0 aliphatic carbocycles. The number of para-hydroxylation sites is 1. The van der Waals surface area contributed by atoms with E-state index in [1.807, 2.05) is 42.6 Å². The predicted molar refractivity (Wildman–Crippen MR) is 90.1 cm³/mol. The van der Waals surface area contributed by atoms with E-state index in [0.717, 1.165) is 5.69 Å². The van der Waals surface area contributed by atoms with Crippen molar-refractivity contribution < 1.29 is 0 Å². The minimum Gasteiger partial charge on any atom is -0.362 e. The van der Waals surface area contributed by atoms with E-state index in [0.29, 0.717) is 0 Å². The minimum atomic E-state index is 1.10. The first-order valence-electron chi connectivity index (χ1n) is 6.54. The first-order valence-corrected chi connectivity index (χ1v) is 7.42. The Morgan fingerprint density at radius 2 is 1.65 bits per heavy atom. The van der Waals surface area contributed by atoms with Gasteiger partial charge in [0.2, 0.25) is 0 Å². The fraction of sp³-hybridized carbons (Fsp3) is 0. The first kappa shape index (κ1) is 12.7. The zero-order valence-electron chi connectivity index (χ0n) is 11.0. The molecule has 98 valence electrons. The van der Waals surface area contributed by atoms with Gasteiger partial charge in [-0.05, 0) is 40.6 Å². The summed E-state index contributed by atoms with van der Waals surface area (Å²) < 4.78 is 1.33. The maximum Gasteiger partial charge on any atom is 0.0379 e. The predicted octanol–water partition coefficient (Wildman–Crippen LogP) is 5.54. The fourth-order valence-corrected chi connectivity index (χ4v) is 2.95. The number of hydrogen-bond donors (Lipinski definition) is 1. The van der Waals surface area contributed by atoms with Crippen LogP contribution in [0, 0.1) is 0 Å². The van der Waals surface area contributed by atoms with E-state index in [-0.39, 0.29) is 0 Å². The molecule has 0 amide bonds. The van der Waals surface area contributed by atoms with Crippen LogP contribution in [0.5, 0.6) is 0 Å². The number of benzene rings is 2. The molecule has 1 nitrogen and oxygen atoms in total. The van der Waals surface area contributed by atoms with Gasteiger partial charge in [0.25, 0.3) is 0 Å². The van der Waals surface area contributed by atoms with Crippen molar-refractivity contribution in [2.75, 3.05) is 5.32 Å². The van der Waals surface area contributed by atoms with Crippen LogP contribution < -0.4 is 5.32 Å². The quantitative estimate of drug-likeness (QED) is 0.617. The summed E-state index contributed by atoms with van der Waals surface area (Å²) in [6, 6.07) is 18.6. The summed E-state index contributed by atoms with van der Waals surface area (Å²) in [7, 11) is 0. The molecule has 3 rings (SSSR count). The van der Waals surface area contributed by atoms with Crippen LogP contribution in [0.25, 0.3) is 16.2 Å². The maximum atomic E-state index is 3.23. The smallest absolute Gasteiger partial charge is 0.0379 e. The zero-order chi connectivity index (χ0) is 13.6. The number of anilines is 1. The fourth-order valence-electron chi connectivity index (χ4n) is 2.02. The Morgan fingerprint density at radius 3 is 2.55 bits per heavy atom. The summed E-state index contributed by atoms with van der Waals surface area (Å²) in [5.74, 6) is 0. The molecule has 0 saturated heterocycles. The van der Waals surface area contributed by atoms with Gasteiger partial charge in [0.1, 0.15) is 0 Å². The van der Waals surface area contributed by atoms with Crippen LogP contribution >= 0.6 is 11.3 Å². The van der Waals surface area contributed by atoms with Crippen LogP contribution in [-0.2, 0) is 0 Å². The summed E-state index contributed by atoms with van der Waals surface area (Å²) in [6.45, 7) is 0. The Bertz CT molecular complexity index is 738. The van der Waals surface area contributed by atoms with Gasteiger partial charge in [-0.3, -0.25) is 0 Å². The molecule has 0 fully saturated rings. The van der Waals surface area contributed by atoms with Crippen LogP contribution in [-0.4, -0.2) is 0 Å². The number of thiophene rings is 1. The Balaban J connectivity index is 1.66. The van der Waals surface area contributed by atoms with E-state index in [2.05, 4.69) is 47.1 Å². The molecule has 1 N–H and O–H groups in total. The number of nitrogens with one attached hydrogen (secondary N) is 1. The highest BCUT2D eigenvalue weighted by Crippen LogP contribution is 2.26. The SMILES string of the molecule is C(=C/c1csc2ccccc12)/C=C/Nc1ccccc1. The molecule has 0 aliphatic rings. The number of rotatable bonds is 4. The van der Waals surface area contributed by atoms with Crippen LogP contribution in [0.2, 0.25) is 0 Å². The molecule has 20 heavy (non-hydrogen) atoms. The van der Waals surface area contributed by atoms with E-state index in [9.17, 15) is 0 Å². The standard InChI is InChI=1S/C18H15NS/c1-2-9-16(10-3-1)19-13-7-6-8-15-14-20-18-12-5-4-11-17(15)18/h1-14,19H/b8-6-,13-7+. The number of allylic oxidation sites excluding steroid dienone is 2. The van der Waals surface area contributed by atoms with Gasteiger partial charge in [-0.1, -0.05) is 48.6 Å². The van der Waals surface area contributed by atoms with Crippen LogP contribution in [0.15, 0.2) is 78.3 Å². The largest absolute Gasteiger partial charge is 0.362 e. The van der Waals surface area contributed by atoms with Gasteiger partial charge in [-0.15, -0.1) is 11.3 Å². The summed E-state index contributed by atoms with van der Waals surface area (Å²) in [5.41, 5.74) is 2.37. The van der Waals surface area contributed by atoms with Crippen LogP contribution in [0.3, 0.4) is 0 Å². The van der Waals surface area contributed by atoms with E-state index in [1.54, 1.807) is 11.3 Å². The van der Waals surface area contributed by atoms with Gasteiger partial charge in [-0.25, -0.2) is 0 Å². The molecule has 3 aromatic rings. The van der Waals surface area contributed by atoms with Crippen LogP contribution in [0.4, 0.5) is 5.69 Å². The van der Waals surface area contributed by atoms with E-state index in [1.165, 1.54) is 15.6 Å². The second-order valence-corrected chi connectivity index (χ2v) is 5.33. The average Bonchev–Trinajstić information content (AvgIpc) is 2.91. The average molecular weight is 277 g/mol. The van der Waals surface area contributed by atoms with Crippen LogP contribution in [0.1, 0.15) is 5.56 Å². The third kappa shape index (κ3) is 2.98. The van der Waals surface area contributed by atoms with Crippen molar-refractivity contribution in [3.63, 3.8) is 0 Å². The van der Waals surface area contributed by atoms with E-state index < -0.39 is 0 Å². The number of hydrogen-bond acceptors (Lipinski definition) is 2. The molecule has 2 aromatic carbocycles. The molecule has 2 heteroatoms. The van der Waals surface area contributed by atoms with Gasteiger partial charge >= 0.3 is 0 Å². The van der Waals surface area contributed by atoms with Crippen molar-refractivity contribution in [1.29, 1.82) is 0 Å². The van der Waals surface area contributed by atoms with Crippen molar-refractivity contribution in [3.8, 4) is 0 Å². The first-order chi connectivity index (χ1) is 9.93. The van der Waals surface area contributed by atoms with E-state index >= 15 is 0 Å². The zero-order valence-corrected chi connectivity index (χ0v) is 11.8. The Labute approximate surface area is 122 Å². The van der Waals surface area contributed by atoms with Crippen molar-refractivity contribution in [3.05, 3.63) is 83.9 Å². The molecular formula is C18H15NS. The Hall–Kier alpha value is -2.32. The third-order valence-electron chi connectivity index (χ3n) is 3.02. The summed E-state index contributed by atoms with van der Waals surface area (Å²) in [6.07, 6.45) is 8.16. The lowest BCUT2D eigenvalue weighted by atomic mass is 10.2. The molecule has 1 aromatic heterocycles. The Kier molecular flexibility index (Phi) is 3.95. The lowest BCUT2D eigenvalue weighted by Gasteiger charge is -1.97. The lowest BCUT2D eigenvalue weighted by molar-refractivity contribution is 1.58. The van der Waals surface area contributed by atoms with Gasteiger partial charge in [0.15, 0.2) is 0 Å². The van der Waals surface area contributed by atoms with Crippen molar-refractivity contribution in [2.45, 2.75) is 0 Å². The van der Waals surface area contributed by atoms with Gasteiger partial charge in [0.05, 0.1) is 0 Å². The summed E-state index contributed by atoms with van der Waals surface area (Å²) in [4.78, 5) is 0. The molecule has 0 saturated carbocycles. The third-order valence-corrected chi connectivity index (χ3v) is 4.00. The highest BCUT2D eigenvalue weighted by atomic mass is 32.1. The maximum absolute atomic E-state index is 3.23. The molecule has 0 spiro atoms. The molecule has 1 heterocycles. The normalized spacial score (nSPS) is 11.6. The number of fused-ring (bicyclic) bond motifs is 1. The topological polar surface area (TPSA) is 12.0 Å². The highest BCUT2D eigenvalue weighted by Gasteiger charge is 1.98. The van der Waals surface area contributed by atoms with Crippen molar-refractivity contribution >= 4 is 33.2 Å². The molecule has 0 aliphatic heterocycles. The highest BCUT2D eigenvalue weighted by molar-refractivity contribution is 7.17. The Morgan fingerprint density at radius 1 is 0.850 bits per heavy atom. The summed E-state index contributed by atoms with van der Waals surface area (Å²) >= 11 is 1.78. The van der Waals surface area contributed by atoms with Crippen molar-refractivity contribution in [1.82, 2.24) is 0 Å². The summed E-state index contributed by atoms with van der Waals surface area (Å²) in [5, 5.41) is 6.74. The van der Waals surface area contributed by atoms with E-state index in [4.69, 9.17) is 0 Å². The van der Waals surface area contributed by atoms with Gasteiger partial charge in [0, 0.05) is 16.6 Å². The van der Waals surface area contributed by atoms with Crippen molar-refractivity contribution in [2.24, 2.45) is 0 Å².